The molecule has 10 nitrogen and oxygen atoms in total. The zero-order valence-electron chi connectivity index (χ0n) is 17.7. The summed E-state index contributed by atoms with van der Waals surface area (Å²) in [7, 11) is 0. The van der Waals surface area contributed by atoms with E-state index in [0.29, 0.717) is 12.1 Å². The van der Waals surface area contributed by atoms with Gasteiger partial charge in [-0.2, -0.15) is 0 Å². The van der Waals surface area contributed by atoms with Crippen LogP contribution in [0.4, 0.5) is 21.5 Å². The molecule has 0 spiro atoms. The lowest BCUT2D eigenvalue weighted by atomic mass is 10.1. The molecule has 11 heteroatoms. The van der Waals surface area contributed by atoms with E-state index in [1.54, 1.807) is 30.3 Å². The molecule has 0 heterocycles. The Morgan fingerprint density at radius 3 is 2.00 bits per heavy atom. The Morgan fingerprint density at radius 2 is 1.44 bits per heavy atom. The number of nitro benzene ring substituents is 2. The first-order valence-corrected chi connectivity index (χ1v) is 10.1. The summed E-state index contributed by atoms with van der Waals surface area (Å²) in [5.41, 5.74) is -0.595. The van der Waals surface area contributed by atoms with Gasteiger partial charge in [0.1, 0.15) is 5.82 Å². The van der Waals surface area contributed by atoms with Crippen LogP contribution in [0.5, 0.6) is 0 Å². The standard InChI is InChI=1S/C23H19FN4O6/c24-18-9-7-16(8-10-18)22(29)25-11-4-12-26(19-5-2-1-3-6-19)23(30)17-13-20(27(31)32)15-21(14-17)28(33)34/h1-3,5-10,13-15H,4,11-12H2,(H,25,29). The number of rotatable bonds is 9. The summed E-state index contributed by atoms with van der Waals surface area (Å²) in [6.45, 7) is 0.297. The maximum Gasteiger partial charge on any atom is 0.277 e. The van der Waals surface area contributed by atoms with Gasteiger partial charge >= 0.3 is 0 Å². The molecule has 0 aliphatic rings. The van der Waals surface area contributed by atoms with Crippen LogP contribution in [0.25, 0.3) is 0 Å². The first-order chi connectivity index (χ1) is 16.3. The van der Waals surface area contributed by atoms with E-state index >= 15 is 0 Å². The van der Waals surface area contributed by atoms with Gasteiger partial charge in [0.05, 0.1) is 21.5 Å². The molecule has 174 valence electrons. The Bertz CT molecular complexity index is 1190. The molecule has 0 atom stereocenters. The second-order valence-electron chi connectivity index (χ2n) is 7.16. The summed E-state index contributed by atoms with van der Waals surface area (Å²) < 4.78 is 13.0. The molecule has 3 aromatic rings. The fourth-order valence-electron chi connectivity index (χ4n) is 3.18. The van der Waals surface area contributed by atoms with Crippen molar-refractivity contribution in [2.75, 3.05) is 18.0 Å². The van der Waals surface area contributed by atoms with Crippen molar-refractivity contribution in [3.63, 3.8) is 0 Å². The van der Waals surface area contributed by atoms with Crippen LogP contribution in [-0.4, -0.2) is 34.8 Å². The lowest BCUT2D eigenvalue weighted by Crippen LogP contribution is -2.34. The van der Waals surface area contributed by atoms with Crippen molar-refractivity contribution in [2.24, 2.45) is 0 Å². The van der Waals surface area contributed by atoms with Crippen LogP contribution in [0.3, 0.4) is 0 Å². The molecule has 34 heavy (non-hydrogen) atoms. The van der Waals surface area contributed by atoms with E-state index in [2.05, 4.69) is 5.32 Å². The second-order valence-corrected chi connectivity index (χ2v) is 7.16. The molecule has 2 amide bonds. The second kappa shape index (κ2) is 10.8. The molecule has 3 aromatic carbocycles. The number of hydrogen-bond acceptors (Lipinski definition) is 6. The Hall–Kier alpha value is -4.67. The van der Waals surface area contributed by atoms with Crippen LogP contribution < -0.4 is 10.2 Å². The number of halogens is 1. The average Bonchev–Trinajstić information content (AvgIpc) is 2.84. The van der Waals surface area contributed by atoms with Crippen LogP contribution in [-0.2, 0) is 0 Å². The summed E-state index contributed by atoms with van der Waals surface area (Å²) >= 11 is 0. The molecular formula is C23H19FN4O6. The first-order valence-electron chi connectivity index (χ1n) is 10.1. The highest BCUT2D eigenvalue weighted by Crippen LogP contribution is 2.25. The van der Waals surface area contributed by atoms with Crippen molar-refractivity contribution >= 4 is 28.9 Å². The SMILES string of the molecule is O=C(NCCCN(C(=O)c1cc([N+](=O)[O-])cc([N+](=O)[O-])c1)c1ccccc1)c1ccc(F)cc1. The number of nitrogens with zero attached hydrogens (tertiary/aromatic N) is 3. The Balaban J connectivity index is 1.77. The van der Waals surface area contributed by atoms with Gasteiger partial charge in [-0.05, 0) is 42.8 Å². The highest BCUT2D eigenvalue weighted by Gasteiger charge is 2.24. The van der Waals surface area contributed by atoms with Crippen molar-refractivity contribution in [3.05, 3.63) is 110 Å². The summed E-state index contributed by atoms with van der Waals surface area (Å²) in [6.07, 6.45) is 0.310. The first kappa shape index (κ1) is 24.0. The van der Waals surface area contributed by atoms with E-state index in [1.807, 2.05) is 0 Å². The Labute approximate surface area is 192 Å². The van der Waals surface area contributed by atoms with Crippen LogP contribution in [0, 0.1) is 26.0 Å². The normalized spacial score (nSPS) is 10.4. The molecule has 0 saturated heterocycles. The predicted octanol–water partition coefficient (Wildman–Crippen LogP) is 4.11. The minimum atomic E-state index is -0.804. The summed E-state index contributed by atoms with van der Waals surface area (Å²) in [5, 5.41) is 25.1. The molecule has 0 saturated carbocycles. The Kier molecular flexibility index (Phi) is 7.60. The number of nitro groups is 2. The fraction of sp³-hybridized carbons (Fsp3) is 0.130. The average molecular weight is 466 g/mol. The maximum absolute atomic E-state index is 13.2. The lowest BCUT2D eigenvalue weighted by molar-refractivity contribution is -0.394. The van der Waals surface area contributed by atoms with Crippen molar-refractivity contribution < 1.29 is 23.8 Å². The van der Waals surface area contributed by atoms with Crippen LogP contribution in [0.15, 0.2) is 72.8 Å². The summed E-state index contributed by atoms with van der Waals surface area (Å²) in [6, 6.07) is 16.2. The van der Waals surface area contributed by atoms with E-state index in [1.165, 1.54) is 29.2 Å². The van der Waals surface area contributed by atoms with Gasteiger partial charge in [-0.15, -0.1) is 0 Å². The quantitative estimate of drug-likeness (QED) is 0.286. The number of nitrogens with one attached hydrogen (secondary N) is 1. The van der Waals surface area contributed by atoms with Gasteiger partial charge in [-0.1, -0.05) is 18.2 Å². The number of non-ortho nitro benzene ring substituents is 2. The predicted molar refractivity (Wildman–Crippen MR) is 121 cm³/mol. The number of anilines is 1. The number of para-hydroxylation sites is 1. The summed E-state index contributed by atoms with van der Waals surface area (Å²) in [5.74, 6) is -1.54. The third-order valence-electron chi connectivity index (χ3n) is 4.83. The number of hydrogen-bond donors (Lipinski definition) is 1. The fourth-order valence-corrected chi connectivity index (χ4v) is 3.18. The van der Waals surface area contributed by atoms with Gasteiger partial charge in [0.2, 0.25) is 0 Å². The van der Waals surface area contributed by atoms with E-state index in [9.17, 15) is 34.2 Å². The van der Waals surface area contributed by atoms with Gasteiger partial charge in [0.15, 0.2) is 0 Å². The molecule has 0 unspecified atom stereocenters. The van der Waals surface area contributed by atoms with E-state index in [-0.39, 0.29) is 24.2 Å². The monoisotopic (exact) mass is 466 g/mol. The third kappa shape index (κ3) is 5.97. The molecule has 0 aromatic heterocycles. The highest BCUT2D eigenvalue weighted by molar-refractivity contribution is 6.06. The molecule has 3 rings (SSSR count). The number of benzene rings is 3. The van der Waals surface area contributed by atoms with Gasteiger partial charge in [0.25, 0.3) is 23.2 Å². The van der Waals surface area contributed by atoms with Crippen LogP contribution in [0.2, 0.25) is 0 Å². The zero-order valence-corrected chi connectivity index (χ0v) is 17.7. The molecule has 0 aliphatic heterocycles. The van der Waals surface area contributed by atoms with Gasteiger partial charge in [0, 0.05) is 36.5 Å². The molecule has 1 N–H and O–H groups in total. The highest BCUT2D eigenvalue weighted by atomic mass is 19.1. The number of carbonyl (C=O) groups is 2. The molecule has 0 aliphatic carbocycles. The zero-order chi connectivity index (χ0) is 24.7. The topological polar surface area (TPSA) is 136 Å². The smallest absolute Gasteiger partial charge is 0.277 e. The summed E-state index contributed by atoms with van der Waals surface area (Å²) in [4.78, 5) is 47.5. The van der Waals surface area contributed by atoms with Crippen molar-refractivity contribution in [1.82, 2.24) is 5.32 Å². The van der Waals surface area contributed by atoms with Crippen LogP contribution >= 0.6 is 0 Å². The lowest BCUT2D eigenvalue weighted by Gasteiger charge is -2.23. The van der Waals surface area contributed by atoms with E-state index in [0.717, 1.165) is 18.2 Å². The maximum atomic E-state index is 13.2. The van der Waals surface area contributed by atoms with Crippen LogP contribution in [0.1, 0.15) is 27.1 Å². The minimum Gasteiger partial charge on any atom is -0.352 e. The van der Waals surface area contributed by atoms with E-state index < -0.39 is 38.9 Å². The molecular weight excluding hydrogens is 447 g/mol. The van der Waals surface area contributed by atoms with Gasteiger partial charge in [-0.25, -0.2) is 4.39 Å². The third-order valence-corrected chi connectivity index (χ3v) is 4.83. The number of amides is 2. The van der Waals surface area contributed by atoms with Crippen molar-refractivity contribution in [3.8, 4) is 0 Å². The van der Waals surface area contributed by atoms with E-state index in [4.69, 9.17) is 0 Å². The van der Waals surface area contributed by atoms with Crippen molar-refractivity contribution in [2.45, 2.75) is 6.42 Å². The number of carbonyl (C=O) groups excluding carboxylic acids is 2. The minimum absolute atomic E-state index is 0.114. The van der Waals surface area contributed by atoms with Gasteiger partial charge < -0.3 is 10.2 Å². The molecule has 0 fully saturated rings. The van der Waals surface area contributed by atoms with Crippen molar-refractivity contribution in [1.29, 1.82) is 0 Å². The van der Waals surface area contributed by atoms with Gasteiger partial charge in [-0.3, -0.25) is 29.8 Å². The largest absolute Gasteiger partial charge is 0.352 e. The molecule has 0 radical (unpaired) electrons. The molecule has 0 bridgehead atoms. The Morgan fingerprint density at radius 1 is 0.853 bits per heavy atom.